The molecule has 74 valence electrons. The van der Waals surface area contributed by atoms with E-state index in [1.54, 1.807) is 7.05 Å². The maximum Gasteiger partial charge on any atom is 0.238 e. The van der Waals surface area contributed by atoms with Crippen molar-refractivity contribution in [3.05, 3.63) is 34.9 Å². The molecular formula is C10H11ClN2O. The fourth-order valence-corrected chi connectivity index (χ4v) is 1.87. The van der Waals surface area contributed by atoms with Crippen molar-refractivity contribution in [1.29, 1.82) is 0 Å². The molecule has 1 amide bonds. The van der Waals surface area contributed by atoms with E-state index < -0.39 is 0 Å². The molecule has 14 heavy (non-hydrogen) atoms. The standard InChI is InChI=1S/C10H11ClN2O/c1-13-10(14)6-9(12-13)7-4-2-3-5-8(7)11/h2-5,9,12H,6H2,1H3. The number of carbonyl (C=O) groups excluding carboxylic acids is 1. The highest BCUT2D eigenvalue weighted by atomic mass is 35.5. The van der Waals surface area contributed by atoms with Crippen LogP contribution in [0.3, 0.4) is 0 Å². The normalized spacial score (nSPS) is 21.7. The van der Waals surface area contributed by atoms with Gasteiger partial charge in [0.05, 0.1) is 6.04 Å². The number of hydrazine groups is 1. The van der Waals surface area contributed by atoms with Gasteiger partial charge in [-0.3, -0.25) is 9.80 Å². The first-order valence-corrected chi connectivity index (χ1v) is 4.83. The van der Waals surface area contributed by atoms with Crippen LogP contribution in [0.5, 0.6) is 0 Å². The summed E-state index contributed by atoms with van der Waals surface area (Å²) in [7, 11) is 1.72. The third-order valence-electron chi connectivity index (χ3n) is 2.38. The SMILES string of the molecule is CN1NC(c2ccccc2Cl)CC1=O. The number of rotatable bonds is 1. The van der Waals surface area contributed by atoms with Crippen LogP contribution in [0.25, 0.3) is 0 Å². The van der Waals surface area contributed by atoms with Gasteiger partial charge >= 0.3 is 0 Å². The van der Waals surface area contributed by atoms with Gasteiger partial charge < -0.3 is 0 Å². The highest BCUT2D eigenvalue weighted by Crippen LogP contribution is 2.28. The summed E-state index contributed by atoms with van der Waals surface area (Å²) in [5, 5.41) is 2.21. The van der Waals surface area contributed by atoms with Crippen molar-refractivity contribution in [3.8, 4) is 0 Å². The molecule has 1 aromatic rings. The molecule has 0 saturated carbocycles. The summed E-state index contributed by atoms with van der Waals surface area (Å²) < 4.78 is 0. The molecule has 1 saturated heterocycles. The molecule has 4 heteroatoms. The first-order valence-electron chi connectivity index (χ1n) is 4.45. The lowest BCUT2D eigenvalue weighted by Gasteiger charge is -2.13. The molecule has 1 atom stereocenters. The molecule has 0 bridgehead atoms. The Hall–Kier alpha value is -1.06. The summed E-state index contributed by atoms with van der Waals surface area (Å²) in [6, 6.07) is 7.59. The lowest BCUT2D eigenvalue weighted by Crippen LogP contribution is -2.30. The Kier molecular flexibility index (Phi) is 2.44. The summed E-state index contributed by atoms with van der Waals surface area (Å²) in [4.78, 5) is 11.3. The second kappa shape index (κ2) is 3.59. The Bertz CT molecular complexity index is 367. The van der Waals surface area contributed by atoms with Crippen LogP contribution in [0.4, 0.5) is 0 Å². The first-order chi connectivity index (χ1) is 6.68. The largest absolute Gasteiger partial charge is 0.281 e. The predicted molar refractivity (Wildman–Crippen MR) is 54.7 cm³/mol. The van der Waals surface area contributed by atoms with Gasteiger partial charge in [0, 0.05) is 18.5 Å². The van der Waals surface area contributed by atoms with Gasteiger partial charge in [-0.25, -0.2) is 5.43 Å². The van der Waals surface area contributed by atoms with Crippen molar-refractivity contribution in [3.63, 3.8) is 0 Å². The summed E-state index contributed by atoms with van der Waals surface area (Å²) in [6.07, 6.45) is 0.472. The van der Waals surface area contributed by atoms with Crippen LogP contribution in [-0.4, -0.2) is 18.0 Å². The van der Waals surface area contributed by atoms with Crippen LogP contribution >= 0.6 is 11.6 Å². The average Bonchev–Trinajstić information content (AvgIpc) is 2.48. The maximum absolute atomic E-state index is 11.3. The monoisotopic (exact) mass is 210 g/mol. The van der Waals surface area contributed by atoms with Gasteiger partial charge in [0.15, 0.2) is 0 Å². The average molecular weight is 211 g/mol. The van der Waals surface area contributed by atoms with Gasteiger partial charge in [0.2, 0.25) is 5.91 Å². The zero-order valence-corrected chi connectivity index (χ0v) is 8.58. The van der Waals surface area contributed by atoms with Gasteiger partial charge in [-0.15, -0.1) is 0 Å². The van der Waals surface area contributed by atoms with E-state index in [2.05, 4.69) is 5.43 Å². The lowest BCUT2D eigenvalue weighted by atomic mass is 10.1. The summed E-state index contributed by atoms with van der Waals surface area (Å²) in [5.41, 5.74) is 4.04. The summed E-state index contributed by atoms with van der Waals surface area (Å²) >= 11 is 6.03. The third-order valence-corrected chi connectivity index (χ3v) is 2.73. The fourth-order valence-electron chi connectivity index (χ4n) is 1.60. The van der Waals surface area contributed by atoms with E-state index in [0.29, 0.717) is 11.4 Å². The van der Waals surface area contributed by atoms with Crippen LogP contribution in [0, 0.1) is 0 Å². The van der Waals surface area contributed by atoms with Crippen molar-refractivity contribution in [2.75, 3.05) is 7.05 Å². The van der Waals surface area contributed by atoms with Crippen molar-refractivity contribution >= 4 is 17.5 Å². The smallest absolute Gasteiger partial charge is 0.238 e. The zero-order valence-electron chi connectivity index (χ0n) is 7.83. The molecule has 0 aromatic heterocycles. The molecule has 3 nitrogen and oxygen atoms in total. The minimum Gasteiger partial charge on any atom is -0.281 e. The Morgan fingerprint density at radius 2 is 2.21 bits per heavy atom. The quantitative estimate of drug-likeness (QED) is 0.766. The van der Waals surface area contributed by atoms with Crippen molar-refractivity contribution < 1.29 is 4.79 Å². The molecule has 1 aromatic carbocycles. The van der Waals surface area contributed by atoms with Gasteiger partial charge in [-0.05, 0) is 11.6 Å². The molecule has 0 aliphatic carbocycles. The molecule has 1 N–H and O–H groups in total. The van der Waals surface area contributed by atoms with Gasteiger partial charge in [-0.1, -0.05) is 29.8 Å². The zero-order chi connectivity index (χ0) is 10.1. The van der Waals surface area contributed by atoms with Crippen LogP contribution in [-0.2, 0) is 4.79 Å². The Morgan fingerprint density at radius 3 is 2.79 bits per heavy atom. The van der Waals surface area contributed by atoms with Gasteiger partial charge in [-0.2, -0.15) is 0 Å². The molecule has 2 rings (SSSR count). The van der Waals surface area contributed by atoms with Gasteiger partial charge in [0.25, 0.3) is 0 Å². The van der Waals surface area contributed by atoms with Crippen molar-refractivity contribution in [1.82, 2.24) is 10.4 Å². The Balaban J connectivity index is 2.25. The van der Waals surface area contributed by atoms with Crippen LogP contribution in [0.1, 0.15) is 18.0 Å². The molecule has 1 unspecified atom stereocenters. The van der Waals surface area contributed by atoms with E-state index in [0.717, 1.165) is 5.56 Å². The Labute approximate surface area is 87.6 Å². The molecule has 1 heterocycles. The maximum atomic E-state index is 11.3. The van der Waals surface area contributed by atoms with E-state index in [1.807, 2.05) is 24.3 Å². The highest BCUT2D eigenvalue weighted by molar-refractivity contribution is 6.31. The van der Waals surface area contributed by atoms with E-state index in [1.165, 1.54) is 5.01 Å². The number of hydrogen-bond acceptors (Lipinski definition) is 2. The van der Waals surface area contributed by atoms with Crippen LogP contribution in [0.15, 0.2) is 24.3 Å². The van der Waals surface area contributed by atoms with Crippen LogP contribution in [0.2, 0.25) is 5.02 Å². The third kappa shape index (κ3) is 1.61. The van der Waals surface area contributed by atoms with Crippen molar-refractivity contribution in [2.24, 2.45) is 0 Å². The number of nitrogens with zero attached hydrogens (tertiary/aromatic N) is 1. The number of benzene rings is 1. The topological polar surface area (TPSA) is 32.3 Å². The number of nitrogens with one attached hydrogen (secondary N) is 1. The number of amides is 1. The predicted octanol–water partition coefficient (Wildman–Crippen LogP) is 1.75. The number of carbonyl (C=O) groups is 1. The second-order valence-corrected chi connectivity index (χ2v) is 3.77. The first kappa shape index (κ1) is 9.49. The molecule has 0 spiro atoms. The minimum absolute atomic E-state index is 0.0150. The second-order valence-electron chi connectivity index (χ2n) is 3.36. The van der Waals surface area contributed by atoms with E-state index in [9.17, 15) is 4.79 Å². The minimum atomic E-state index is 0.0150. The van der Waals surface area contributed by atoms with E-state index in [-0.39, 0.29) is 11.9 Å². The molecule has 1 aliphatic heterocycles. The molecule has 1 aliphatic rings. The Morgan fingerprint density at radius 1 is 1.50 bits per heavy atom. The highest BCUT2D eigenvalue weighted by Gasteiger charge is 2.28. The summed E-state index contributed by atoms with van der Waals surface area (Å²) in [5.74, 6) is 0.0925. The number of hydrogen-bond donors (Lipinski definition) is 1. The molecular weight excluding hydrogens is 200 g/mol. The molecule has 1 fully saturated rings. The van der Waals surface area contributed by atoms with Crippen LogP contribution < -0.4 is 5.43 Å². The summed E-state index contributed by atoms with van der Waals surface area (Å²) in [6.45, 7) is 0. The van der Waals surface area contributed by atoms with E-state index in [4.69, 9.17) is 11.6 Å². The molecule has 0 radical (unpaired) electrons. The van der Waals surface area contributed by atoms with Crippen molar-refractivity contribution in [2.45, 2.75) is 12.5 Å². The fraction of sp³-hybridized carbons (Fsp3) is 0.300. The van der Waals surface area contributed by atoms with E-state index >= 15 is 0 Å². The van der Waals surface area contributed by atoms with Gasteiger partial charge in [0.1, 0.15) is 0 Å². The number of halogens is 1. The lowest BCUT2D eigenvalue weighted by molar-refractivity contribution is -0.128.